The first kappa shape index (κ1) is 10.1. The zero-order chi connectivity index (χ0) is 11.8. The van der Waals surface area contributed by atoms with Crippen molar-refractivity contribution in [3.8, 4) is 11.5 Å². The fourth-order valence-corrected chi connectivity index (χ4v) is 1.76. The molecule has 2 aliphatic heterocycles. The van der Waals surface area contributed by atoms with Gasteiger partial charge in [0.05, 0.1) is 0 Å². The Kier molecular flexibility index (Phi) is 2.22. The summed E-state index contributed by atoms with van der Waals surface area (Å²) >= 11 is 4.73. The van der Waals surface area contributed by atoms with Crippen molar-refractivity contribution in [1.82, 2.24) is 5.32 Å². The van der Waals surface area contributed by atoms with E-state index in [2.05, 4.69) is 5.32 Å². The molecule has 2 heterocycles. The van der Waals surface area contributed by atoms with E-state index < -0.39 is 0 Å². The summed E-state index contributed by atoms with van der Waals surface area (Å²) in [6.45, 7) is 0.219. The zero-order valence-corrected chi connectivity index (χ0v) is 9.37. The van der Waals surface area contributed by atoms with Gasteiger partial charge in [0.2, 0.25) is 6.79 Å². The molecule has 1 aromatic carbocycles. The van der Waals surface area contributed by atoms with Gasteiger partial charge in [-0.05, 0) is 36.0 Å². The van der Waals surface area contributed by atoms with Gasteiger partial charge >= 0.3 is 0 Å². The van der Waals surface area contributed by atoms with Gasteiger partial charge in [-0.2, -0.15) is 0 Å². The predicted molar refractivity (Wildman–Crippen MR) is 62.4 cm³/mol. The molecule has 0 radical (unpaired) electrons. The van der Waals surface area contributed by atoms with Crippen LogP contribution in [0.5, 0.6) is 11.5 Å². The molecule has 1 N–H and O–H groups in total. The zero-order valence-electron chi connectivity index (χ0n) is 8.56. The fraction of sp³-hybridized carbons (Fsp3) is 0.0909. The smallest absolute Gasteiger partial charge is 0.294 e. The maximum Gasteiger partial charge on any atom is 0.294 e. The molecule has 5 nitrogen and oxygen atoms in total. The van der Waals surface area contributed by atoms with Crippen LogP contribution in [0.2, 0.25) is 0 Å². The Morgan fingerprint density at radius 1 is 1.29 bits per heavy atom. The highest BCUT2D eigenvalue weighted by Crippen LogP contribution is 2.33. The molecule has 1 fully saturated rings. The lowest BCUT2D eigenvalue weighted by Crippen LogP contribution is -2.18. The molecular formula is C11H7NO4S. The summed E-state index contributed by atoms with van der Waals surface area (Å²) in [4.78, 5) is 11.4. The van der Waals surface area contributed by atoms with E-state index in [4.69, 9.17) is 26.4 Å². The van der Waals surface area contributed by atoms with Gasteiger partial charge in [-0.25, -0.2) is 0 Å². The summed E-state index contributed by atoms with van der Waals surface area (Å²) in [6, 6.07) is 5.35. The molecule has 17 heavy (non-hydrogen) atoms. The Hall–Kier alpha value is -2.08. The van der Waals surface area contributed by atoms with E-state index in [1.54, 1.807) is 24.3 Å². The average molecular weight is 249 g/mol. The predicted octanol–water partition coefficient (Wildman–Crippen LogP) is 1.19. The van der Waals surface area contributed by atoms with E-state index in [9.17, 15) is 4.79 Å². The maximum atomic E-state index is 11.4. The van der Waals surface area contributed by atoms with Crippen LogP contribution in [0.3, 0.4) is 0 Å². The largest absolute Gasteiger partial charge is 0.454 e. The quantitative estimate of drug-likeness (QED) is 0.598. The van der Waals surface area contributed by atoms with Crippen LogP contribution in [-0.4, -0.2) is 17.9 Å². The number of fused-ring (bicyclic) bond motifs is 1. The minimum Gasteiger partial charge on any atom is -0.454 e. The molecule has 0 atom stereocenters. The van der Waals surface area contributed by atoms with E-state index in [1.807, 2.05) is 0 Å². The van der Waals surface area contributed by atoms with Crippen molar-refractivity contribution >= 4 is 29.4 Å². The minimum absolute atomic E-state index is 0.0713. The van der Waals surface area contributed by atoms with E-state index in [0.717, 1.165) is 5.56 Å². The molecule has 1 saturated heterocycles. The highest BCUT2D eigenvalue weighted by atomic mass is 32.1. The number of nitrogens with one attached hydrogen (secondary N) is 1. The van der Waals surface area contributed by atoms with Crippen molar-refractivity contribution in [2.24, 2.45) is 0 Å². The van der Waals surface area contributed by atoms with E-state index in [0.29, 0.717) is 11.5 Å². The second-order valence-electron chi connectivity index (χ2n) is 3.46. The Bertz CT molecular complexity index is 552. The molecule has 3 rings (SSSR count). The van der Waals surface area contributed by atoms with Crippen LogP contribution >= 0.6 is 12.2 Å². The minimum atomic E-state index is -0.340. The van der Waals surface area contributed by atoms with Crippen molar-refractivity contribution in [2.45, 2.75) is 0 Å². The van der Waals surface area contributed by atoms with Crippen LogP contribution in [0.25, 0.3) is 6.08 Å². The molecule has 0 aliphatic carbocycles. The molecule has 0 unspecified atom stereocenters. The van der Waals surface area contributed by atoms with Crippen molar-refractivity contribution in [3.05, 3.63) is 29.5 Å². The topological polar surface area (TPSA) is 56.8 Å². The first-order valence-corrected chi connectivity index (χ1v) is 5.28. The Balaban J connectivity index is 1.93. The number of hydrogen-bond donors (Lipinski definition) is 1. The highest BCUT2D eigenvalue weighted by Gasteiger charge is 2.23. The van der Waals surface area contributed by atoms with Gasteiger partial charge < -0.3 is 14.2 Å². The van der Waals surface area contributed by atoms with E-state index in [1.165, 1.54) is 0 Å². The van der Waals surface area contributed by atoms with Crippen LogP contribution in [0.4, 0.5) is 0 Å². The van der Waals surface area contributed by atoms with Crippen molar-refractivity contribution in [1.29, 1.82) is 0 Å². The Morgan fingerprint density at radius 3 is 2.88 bits per heavy atom. The number of carbonyl (C=O) groups is 1. The SMILES string of the molecule is O=C1NC(=S)O/C1=C\c1ccc2c(c1)OCO2. The summed E-state index contributed by atoms with van der Waals surface area (Å²) in [5, 5.41) is 2.46. The van der Waals surface area contributed by atoms with Crippen molar-refractivity contribution < 1.29 is 19.0 Å². The van der Waals surface area contributed by atoms with Crippen LogP contribution in [0, 0.1) is 0 Å². The average Bonchev–Trinajstić information content (AvgIpc) is 2.85. The number of ether oxygens (including phenoxy) is 3. The Labute approximate surface area is 102 Å². The van der Waals surface area contributed by atoms with Crippen LogP contribution in [-0.2, 0) is 9.53 Å². The molecule has 1 aromatic rings. The van der Waals surface area contributed by atoms with Gasteiger partial charge in [0.25, 0.3) is 11.1 Å². The van der Waals surface area contributed by atoms with Crippen LogP contribution in [0.1, 0.15) is 5.56 Å². The number of amides is 1. The lowest BCUT2D eigenvalue weighted by atomic mass is 10.2. The molecule has 0 bridgehead atoms. The molecule has 0 spiro atoms. The molecular weight excluding hydrogens is 242 g/mol. The van der Waals surface area contributed by atoms with Gasteiger partial charge in [0.15, 0.2) is 17.3 Å². The molecule has 0 aromatic heterocycles. The maximum absolute atomic E-state index is 11.4. The van der Waals surface area contributed by atoms with Crippen LogP contribution in [0.15, 0.2) is 24.0 Å². The second kappa shape index (κ2) is 3.74. The molecule has 2 aliphatic rings. The van der Waals surface area contributed by atoms with Gasteiger partial charge in [-0.3, -0.25) is 10.1 Å². The lowest BCUT2D eigenvalue weighted by Gasteiger charge is -1.98. The summed E-state index contributed by atoms with van der Waals surface area (Å²) in [5.74, 6) is 1.18. The number of rotatable bonds is 1. The van der Waals surface area contributed by atoms with Gasteiger partial charge in [-0.1, -0.05) is 6.07 Å². The highest BCUT2D eigenvalue weighted by molar-refractivity contribution is 7.80. The van der Waals surface area contributed by atoms with E-state index >= 15 is 0 Å². The second-order valence-corrected chi connectivity index (χ2v) is 3.84. The Morgan fingerprint density at radius 2 is 2.12 bits per heavy atom. The van der Waals surface area contributed by atoms with Crippen molar-refractivity contribution in [2.75, 3.05) is 6.79 Å². The van der Waals surface area contributed by atoms with Gasteiger partial charge in [0.1, 0.15) is 0 Å². The van der Waals surface area contributed by atoms with Crippen molar-refractivity contribution in [3.63, 3.8) is 0 Å². The summed E-state index contributed by atoms with van der Waals surface area (Å²) in [6.07, 6.45) is 1.59. The monoisotopic (exact) mass is 249 g/mol. The molecule has 0 saturated carbocycles. The molecule has 6 heteroatoms. The molecule has 86 valence electrons. The normalized spacial score (nSPS) is 19.4. The molecule has 1 amide bonds. The lowest BCUT2D eigenvalue weighted by molar-refractivity contribution is -0.116. The summed E-state index contributed by atoms with van der Waals surface area (Å²) < 4.78 is 15.5. The first-order chi connectivity index (χ1) is 8.22. The summed E-state index contributed by atoms with van der Waals surface area (Å²) in [5.41, 5.74) is 0.782. The van der Waals surface area contributed by atoms with Gasteiger partial charge in [-0.15, -0.1) is 0 Å². The number of benzene rings is 1. The summed E-state index contributed by atoms with van der Waals surface area (Å²) in [7, 11) is 0. The number of thiocarbonyl (C=S) groups is 1. The fourth-order valence-electron chi connectivity index (χ4n) is 1.58. The van der Waals surface area contributed by atoms with Crippen LogP contribution < -0.4 is 14.8 Å². The number of carbonyl (C=O) groups excluding carboxylic acids is 1. The third-order valence-electron chi connectivity index (χ3n) is 2.34. The number of hydrogen-bond acceptors (Lipinski definition) is 5. The van der Waals surface area contributed by atoms with E-state index in [-0.39, 0.29) is 23.6 Å². The van der Waals surface area contributed by atoms with Gasteiger partial charge in [0, 0.05) is 0 Å². The standard InChI is InChI=1S/C11H7NO4S/c13-10-9(16-11(17)12-10)4-6-1-2-7-8(3-6)15-5-14-7/h1-4H,5H2,(H,12,13,17)/b9-4-. The first-order valence-electron chi connectivity index (χ1n) is 4.87. The third kappa shape index (κ3) is 1.83. The third-order valence-corrected chi connectivity index (χ3v) is 2.52.